The van der Waals surface area contributed by atoms with Gasteiger partial charge in [-0.1, -0.05) is 6.07 Å². The average molecular weight is 644 g/mol. The molecule has 0 spiro atoms. The number of esters is 1. The van der Waals surface area contributed by atoms with Crippen LogP contribution in [0.4, 0.5) is 44.2 Å². The quantitative estimate of drug-likeness (QED) is 0.126. The Balaban J connectivity index is 1.54. The monoisotopic (exact) mass is 643 g/mol. The van der Waals surface area contributed by atoms with Crippen molar-refractivity contribution < 1.29 is 41.5 Å². The zero-order valence-electron chi connectivity index (χ0n) is 24.0. The molecule has 0 atom stereocenters. The summed E-state index contributed by atoms with van der Waals surface area (Å²) >= 11 is 1.24. The van der Waals surface area contributed by atoms with Gasteiger partial charge in [0.25, 0.3) is 5.91 Å². The molecule has 0 bridgehead atoms. The number of carbonyl (C=O) groups excluding carboxylic acids is 4. The molecule has 5 amide bonds. The molecule has 1 heterocycles. The van der Waals surface area contributed by atoms with Gasteiger partial charge in [0.05, 0.1) is 48.0 Å². The first kappa shape index (κ1) is 32.8. The summed E-state index contributed by atoms with van der Waals surface area (Å²) in [5, 5.41) is 14.2. The lowest BCUT2D eigenvalue weighted by atomic mass is 10.0. The molecule has 0 radical (unpaired) electrons. The lowest BCUT2D eigenvalue weighted by Crippen LogP contribution is -2.43. The Morgan fingerprint density at radius 1 is 1.02 bits per heavy atom. The van der Waals surface area contributed by atoms with Gasteiger partial charge in [0.1, 0.15) is 11.4 Å². The van der Waals surface area contributed by atoms with E-state index in [0.717, 1.165) is 34.1 Å². The van der Waals surface area contributed by atoms with Gasteiger partial charge in [-0.15, -0.1) is 11.8 Å². The fourth-order valence-corrected chi connectivity index (χ4v) is 5.16. The Morgan fingerprint density at radius 2 is 1.71 bits per heavy atom. The van der Waals surface area contributed by atoms with E-state index in [-0.39, 0.29) is 29.2 Å². The van der Waals surface area contributed by atoms with Crippen LogP contribution < -0.4 is 15.5 Å². The van der Waals surface area contributed by atoms with Crippen molar-refractivity contribution in [2.75, 3.05) is 28.4 Å². The summed E-state index contributed by atoms with van der Waals surface area (Å²) in [5.41, 5.74) is -3.31. The minimum Gasteiger partial charge on any atom is -0.468 e. The number of nitrogens with one attached hydrogen (secondary N) is 2. The van der Waals surface area contributed by atoms with E-state index in [1.165, 1.54) is 44.9 Å². The molecule has 3 aromatic carbocycles. The number of halogens is 4. The van der Waals surface area contributed by atoms with Crippen molar-refractivity contribution in [3.05, 3.63) is 83.2 Å². The van der Waals surface area contributed by atoms with Gasteiger partial charge in [-0.05, 0) is 74.0 Å². The van der Waals surface area contributed by atoms with Crippen molar-refractivity contribution in [1.82, 2.24) is 4.90 Å². The number of ether oxygens (including phenoxy) is 1. The number of carbonyl (C=O) groups is 4. The first-order valence-corrected chi connectivity index (χ1v) is 14.1. The van der Waals surface area contributed by atoms with E-state index >= 15 is 0 Å². The number of methoxy groups -OCH3 is 1. The number of amides is 5. The number of hydrogen-bond acceptors (Lipinski definition) is 7. The molecule has 0 saturated carbocycles. The van der Waals surface area contributed by atoms with Crippen LogP contribution in [0.5, 0.6) is 0 Å². The van der Waals surface area contributed by atoms with Gasteiger partial charge in [0.2, 0.25) is 0 Å². The van der Waals surface area contributed by atoms with Crippen molar-refractivity contribution in [3.63, 3.8) is 0 Å². The number of rotatable bonds is 8. The molecule has 1 aliphatic heterocycles. The van der Waals surface area contributed by atoms with E-state index in [0.29, 0.717) is 16.7 Å². The zero-order chi connectivity index (χ0) is 33.1. The normalized spacial score (nSPS) is 14.3. The fraction of sp³-hybridized carbons (Fsp3) is 0.233. The summed E-state index contributed by atoms with van der Waals surface area (Å²) < 4.78 is 59.6. The summed E-state index contributed by atoms with van der Waals surface area (Å²) in [5.74, 6) is -1.82. The molecule has 10 nitrogen and oxygen atoms in total. The number of benzene rings is 3. The molecule has 2 N–H and O–H groups in total. The molecule has 15 heteroatoms. The number of urea groups is 2. The second-order valence-corrected chi connectivity index (χ2v) is 11.2. The Kier molecular flexibility index (Phi) is 9.38. The summed E-state index contributed by atoms with van der Waals surface area (Å²) in [6.07, 6.45) is -4.91. The van der Waals surface area contributed by atoms with Gasteiger partial charge in [-0.25, -0.2) is 18.9 Å². The number of imide groups is 1. The van der Waals surface area contributed by atoms with Crippen molar-refractivity contribution >= 4 is 52.8 Å². The standard InChI is InChI=1S/C30H25F4N5O5S/c1-29(2)26(41)39(21-9-5-17(14-35)23(13-21)30(32,33)34)28(43)38(29)15-18-4-6-19(31)12-24(18)37-27(42)36-20-7-10-22(11-8-20)45-16-25(40)44-3/h4-13H,15-16H2,1-3H3,(H2,36,37,42). The first-order valence-electron chi connectivity index (χ1n) is 13.1. The second kappa shape index (κ2) is 12.9. The highest BCUT2D eigenvalue weighted by Crippen LogP contribution is 2.38. The van der Waals surface area contributed by atoms with Gasteiger partial charge in [-0.2, -0.15) is 18.4 Å². The maximum absolute atomic E-state index is 14.2. The molecule has 1 aliphatic rings. The van der Waals surface area contributed by atoms with E-state index in [4.69, 9.17) is 5.26 Å². The Labute approximate surface area is 258 Å². The third-order valence-corrected chi connectivity index (χ3v) is 7.84. The van der Waals surface area contributed by atoms with Gasteiger partial charge in [-0.3, -0.25) is 9.59 Å². The maximum Gasteiger partial charge on any atom is 0.417 e. The topological polar surface area (TPSA) is 132 Å². The van der Waals surface area contributed by atoms with Crippen LogP contribution in [0.1, 0.15) is 30.5 Å². The minimum atomic E-state index is -4.91. The van der Waals surface area contributed by atoms with E-state index < -0.39 is 52.6 Å². The molecular formula is C30H25F4N5O5S. The summed E-state index contributed by atoms with van der Waals surface area (Å²) in [6.45, 7) is 2.48. The maximum atomic E-state index is 14.2. The smallest absolute Gasteiger partial charge is 0.417 e. The number of anilines is 3. The molecule has 234 valence electrons. The van der Waals surface area contributed by atoms with E-state index in [1.54, 1.807) is 24.3 Å². The number of hydrogen-bond donors (Lipinski definition) is 2. The molecule has 0 aliphatic carbocycles. The molecular weight excluding hydrogens is 618 g/mol. The lowest BCUT2D eigenvalue weighted by molar-refractivity contribution is -0.138. The van der Waals surface area contributed by atoms with Crippen molar-refractivity contribution in [2.24, 2.45) is 0 Å². The summed E-state index contributed by atoms with van der Waals surface area (Å²) in [4.78, 5) is 53.4. The van der Waals surface area contributed by atoms with Crippen LogP contribution in [0.3, 0.4) is 0 Å². The summed E-state index contributed by atoms with van der Waals surface area (Å²) in [7, 11) is 1.28. The Hall–Kier alpha value is -5.10. The van der Waals surface area contributed by atoms with E-state index in [2.05, 4.69) is 15.4 Å². The van der Waals surface area contributed by atoms with Crippen LogP contribution in [0, 0.1) is 17.1 Å². The van der Waals surface area contributed by atoms with Crippen LogP contribution in [-0.2, 0) is 27.0 Å². The van der Waals surface area contributed by atoms with Crippen LogP contribution in [0.25, 0.3) is 0 Å². The van der Waals surface area contributed by atoms with Gasteiger partial charge in [0, 0.05) is 10.6 Å². The Morgan fingerprint density at radius 3 is 2.33 bits per heavy atom. The van der Waals surface area contributed by atoms with Crippen LogP contribution in [-0.4, -0.2) is 47.2 Å². The van der Waals surface area contributed by atoms with Crippen molar-refractivity contribution in [2.45, 2.75) is 37.0 Å². The average Bonchev–Trinajstić information content (AvgIpc) is 3.15. The molecule has 1 fully saturated rings. The predicted octanol–water partition coefficient (Wildman–Crippen LogP) is 6.37. The van der Waals surface area contributed by atoms with E-state index in [9.17, 15) is 36.7 Å². The fourth-order valence-electron chi connectivity index (χ4n) is 4.43. The molecule has 3 aromatic rings. The highest BCUT2D eigenvalue weighted by Gasteiger charge is 2.52. The Bertz CT molecular complexity index is 1710. The van der Waals surface area contributed by atoms with Gasteiger partial charge in [0.15, 0.2) is 0 Å². The summed E-state index contributed by atoms with van der Waals surface area (Å²) in [6, 6.07) is 12.2. The van der Waals surface area contributed by atoms with Crippen molar-refractivity contribution in [3.8, 4) is 6.07 Å². The molecule has 1 saturated heterocycles. The SMILES string of the molecule is COC(=O)CSc1ccc(NC(=O)Nc2cc(F)ccc2CN2C(=O)N(c3ccc(C#N)c(C(F)(F)F)c3)C(=O)C2(C)C)cc1. The minimum absolute atomic E-state index is 0.0232. The zero-order valence-corrected chi connectivity index (χ0v) is 24.8. The third-order valence-electron chi connectivity index (χ3n) is 6.86. The number of nitrogens with zero attached hydrogens (tertiary/aromatic N) is 3. The van der Waals surface area contributed by atoms with Gasteiger partial charge >= 0.3 is 24.2 Å². The molecule has 0 aromatic heterocycles. The van der Waals surface area contributed by atoms with E-state index in [1.807, 2.05) is 0 Å². The number of alkyl halides is 3. The number of thioether (sulfide) groups is 1. The van der Waals surface area contributed by atoms with Gasteiger partial charge < -0.3 is 20.3 Å². The highest BCUT2D eigenvalue weighted by atomic mass is 32.2. The first-order chi connectivity index (χ1) is 21.1. The second-order valence-electron chi connectivity index (χ2n) is 10.2. The molecule has 45 heavy (non-hydrogen) atoms. The van der Waals surface area contributed by atoms with Crippen LogP contribution in [0.15, 0.2) is 65.6 Å². The lowest BCUT2D eigenvalue weighted by Gasteiger charge is -2.28. The largest absolute Gasteiger partial charge is 0.468 e. The predicted molar refractivity (Wildman–Crippen MR) is 157 cm³/mol. The van der Waals surface area contributed by atoms with Crippen LogP contribution in [0.2, 0.25) is 0 Å². The molecule has 0 unspecified atom stereocenters. The molecule has 4 rings (SSSR count). The number of nitriles is 1. The van der Waals surface area contributed by atoms with Crippen LogP contribution >= 0.6 is 11.8 Å². The highest BCUT2D eigenvalue weighted by molar-refractivity contribution is 8.00. The third kappa shape index (κ3) is 7.18. The van der Waals surface area contributed by atoms with Crippen molar-refractivity contribution in [1.29, 1.82) is 5.26 Å².